The first-order valence-electron chi connectivity index (χ1n) is 8.41. The van der Waals surface area contributed by atoms with Crippen LogP contribution in [0.25, 0.3) is 10.1 Å². The highest BCUT2D eigenvalue weighted by Crippen LogP contribution is 2.26. The molecule has 0 saturated carbocycles. The summed E-state index contributed by atoms with van der Waals surface area (Å²) in [4.78, 5) is 25.6. The van der Waals surface area contributed by atoms with E-state index in [0.29, 0.717) is 11.8 Å². The Balaban J connectivity index is 1.97. The quantitative estimate of drug-likeness (QED) is 0.746. The summed E-state index contributed by atoms with van der Waals surface area (Å²) in [6, 6.07) is 11.1. The number of anilines is 1. The highest BCUT2D eigenvalue weighted by molar-refractivity contribution is 7.14. The van der Waals surface area contributed by atoms with Crippen LogP contribution < -0.4 is 10.9 Å². The van der Waals surface area contributed by atoms with Gasteiger partial charge in [-0.1, -0.05) is 48.3 Å². The minimum atomic E-state index is -0.509. The Bertz CT molecular complexity index is 977. The second-order valence-corrected chi connectivity index (χ2v) is 7.42. The summed E-state index contributed by atoms with van der Waals surface area (Å²) in [6.45, 7) is 7.94. The number of hydrogen-bond donors (Lipinski definition) is 1. The molecule has 130 valence electrons. The standard InChI is InChI=1S/C20H22N2O2S/c1-5-16(22-20(24)15-8-6-7-9-17(15)25-22)19(23)21-18-13(3)10-12(2)11-14(18)4/h6-11,16H,5H2,1-4H3,(H,21,23). The first-order chi connectivity index (χ1) is 11.9. The molecule has 1 aromatic heterocycles. The predicted octanol–water partition coefficient (Wildman–Crippen LogP) is 4.58. The van der Waals surface area contributed by atoms with Gasteiger partial charge in [0.1, 0.15) is 6.04 Å². The molecule has 25 heavy (non-hydrogen) atoms. The molecule has 0 fully saturated rings. The Labute approximate surface area is 151 Å². The van der Waals surface area contributed by atoms with Crippen LogP contribution in [0.3, 0.4) is 0 Å². The lowest BCUT2D eigenvalue weighted by atomic mass is 10.0. The minimum absolute atomic E-state index is 0.0973. The molecule has 1 N–H and O–H groups in total. The molecular weight excluding hydrogens is 332 g/mol. The maximum Gasteiger partial charge on any atom is 0.269 e. The number of hydrogen-bond acceptors (Lipinski definition) is 3. The molecule has 0 aliphatic heterocycles. The number of benzene rings is 2. The van der Waals surface area contributed by atoms with Gasteiger partial charge in [-0.2, -0.15) is 0 Å². The Morgan fingerprint density at radius 2 is 1.80 bits per heavy atom. The molecular formula is C20H22N2O2S. The van der Waals surface area contributed by atoms with Crippen molar-refractivity contribution in [1.82, 2.24) is 3.96 Å². The molecule has 0 saturated heterocycles. The van der Waals surface area contributed by atoms with Gasteiger partial charge in [-0.25, -0.2) is 0 Å². The van der Waals surface area contributed by atoms with E-state index in [1.807, 2.05) is 52.0 Å². The number of carbonyl (C=O) groups is 1. The van der Waals surface area contributed by atoms with E-state index in [1.165, 1.54) is 17.1 Å². The predicted molar refractivity (Wildman–Crippen MR) is 105 cm³/mol. The molecule has 3 rings (SSSR count). The Kier molecular flexibility index (Phi) is 4.77. The minimum Gasteiger partial charge on any atom is -0.324 e. The summed E-state index contributed by atoms with van der Waals surface area (Å²) in [5.41, 5.74) is 3.97. The van der Waals surface area contributed by atoms with E-state index >= 15 is 0 Å². The van der Waals surface area contributed by atoms with Gasteiger partial charge in [0.05, 0.1) is 10.1 Å². The molecule has 5 heteroatoms. The van der Waals surface area contributed by atoms with Gasteiger partial charge in [0, 0.05) is 5.69 Å². The molecule has 1 atom stereocenters. The van der Waals surface area contributed by atoms with Crippen LogP contribution in [0, 0.1) is 20.8 Å². The van der Waals surface area contributed by atoms with E-state index in [9.17, 15) is 9.59 Å². The van der Waals surface area contributed by atoms with Crippen molar-refractivity contribution >= 4 is 33.2 Å². The van der Waals surface area contributed by atoms with E-state index in [0.717, 1.165) is 21.5 Å². The molecule has 0 bridgehead atoms. The molecule has 0 spiro atoms. The van der Waals surface area contributed by atoms with Crippen LogP contribution in [0.2, 0.25) is 0 Å². The monoisotopic (exact) mass is 354 g/mol. The zero-order chi connectivity index (χ0) is 18.1. The van der Waals surface area contributed by atoms with Gasteiger partial charge in [0.25, 0.3) is 5.56 Å². The summed E-state index contributed by atoms with van der Waals surface area (Å²) in [5, 5.41) is 3.70. The Morgan fingerprint density at radius 3 is 2.40 bits per heavy atom. The number of aryl methyl sites for hydroxylation is 3. The summed E-state index contributed by atoms with van der Waals surface area (Å²) in [6.07, 6.45) is 0.558. The molecule has 1 unspecified atom stereocenters. The lowest BCUT2D eigenvalue weighted by Crippen LogP contribution is -2.30. The lowest BCUT2D eigenvalue weighted by Gasteiger charge is -2.18. The first-order valence-corrected chi connectivity index (χ1v) is 9.19. The van der Waals surface area contributed by atoms with Crippen molar-refractivity contribution in [2.45, 2.75) is 40.2 Å². The summed E-state index contributed by atoms with van der Waals surface area (Å²) in [7, 11) is 0. The second kappa shape index (κ2) is 6.84. The number of carbonyl (C=O) groups excluding carboxylic acids is 1. The Morgan fingerprint density at radius 1 is 1.16 bits per heavy atom. The van der Waals surface area contributed by atoms with Crippen LogP contribution in [0.5, 0.6) is 0 Å². The third-order valence-corrected chi connectivity index (χ3v) is 5.58. The van der Waals surface area contributed by atoms with Gasteiger partial charge in [-0.05, 0) is 50.5 Å². The van der Waals surface area contributed by atoms with Gasteiger partial charge in [-0.3, -0.25) is 13.5 Å². The normalized spacial score (nSPS) is 12.3. The fourth-order valence-corrected chi connectivity index (χ4v) is 4.39. The fourth-order valence-electron chi connectivity index (χ4n) is 3.24. The maximum absolute atomic E-state index is 12.9. The molecule has 0 aliphatic rings. The van der Waals surface area contributed by atoms with Crippen LogP contribution in [0.1, 0.15) is 36.1 Å². The third kappa shape index (κ3) is 3.24. The molecule has 1 amide bonds. The molecule has 3 aromatic rings. The Hall–Kier alpha value is -2.40. The average Bonchev–Trinajstić information content (AvgIpc) is 2.89. The van der Waals surface area contributed by atoms with Crippen molar-refractivity contribution < 1.29 is 4.79 Å². The van der Waals surface area contributed by atoms with E-state index in [1.54, 1.807) is 3.96 Å². The summed E-state index contributed by atoms with van der Waals surface area (Å²) in [5.74, 6) is -0.147. The SMILES string of the molecule is CCC(C(=O)Nc1c(C)cc(C)cc1C)n1sc2ccccc2c1=O. The highest BCUT2D eigenvalue weighted by Gasteiger charge is 2.23. The van der Waals surface area contributed by atoms with Gasteiger partial charge in [0.15, 0.2) is 0 Å². The summed E-state index contributed by atoms with van der Waals surface area (Å²) >= 11 is 1.35. The van der Waals surface area contributed by atoms with Crippen molar-refractivity contribution in [3.63, 3.8) is 0 Å². The topological polar surface area (TPSA) is 51.1 Å². The van der Waals surface area contributed by atoms with Gasteiger partial charge in [-0.15, -0.1) is 0 Å². The van der Waals surface area contributed by atoms with Gasteiger partial charge < -0.3 is 5.32 Å². The number of amides is 1. The highest BCUT2D eigenvalue weighted by atomic mass is 32.1. The van der Waals surface area contributed by atoms with E-state index in [-0.39, 0.29) is 11.5 Å². The van der Waals surface area contributed by atoms with Gasteiger partial charge >= 0.3 is 0 Å². The van der Waals surface area contributed by atoms with Crippen LogP contribution in [0.4, 0.5) is 5.69 Å². The molecule has 0 aliphatic carbocycles. The van der Waals surface area contributed by atoms with Crippen LogP contribution in [-0.2, 0) is 4.79 Å². The van der Waals surface area contributed by atoms with Crippen molar-refractivity contribution in [3.8, 4) is 0 Å². The number of rotatable bonds is 4. The van der Waals surface area contributed by atoms with Crippen molar-refractivity contribution in [3.05, 3.63) is 63.4 Å². The van der Waals surface area contributed by atoms with Crippen LogP contribution in [0.15, 0.2) is 41.2 Å². The third-order valence-electron chi connectivity index (χ3n) is 4.41. The largest absolute Gasteiger partial charge is 0.324 e. The number of nitrogens with one attached hydrogen (secondary N) is 1. The maximum atomic E-state index is 12.9. The zero-order valence-corrected chi connectivity index (χ0v) is 15.7. The second-order valence-electron chi connectivity index (χ2n) is 6.41. The first kappa shape index (κ1) is 17.4. The zero-order valence-electron chi connectivity index (χ0n) is 14.9. The summed E-state index contributed by atoms with van der Waals surface area (Å²) < 4.78 is 2.50. The van der Waals surface area contributed by atoms with E-state index in [4.69, 9.17) is 0 Å². The van der Waals surface area contributed by atoms with Crippen LogP contribution in [-0.4, -0.2) is 9.86 Å². The smallest absolute Gasteiger partial charge is 0.269 e. The molecule has 0 radical (unpaired) electrons. The molecule has 1 heterocycles. The number of aromatic nitrogens is 1. The average molecular weight is 354 g/mol. The van der Waals surface area contributed by atoms with E-state index < -0.39 is 6.04 Å². The number of fused-ring (bicyclic) bond motifs is 1. The number of nitrogens with zero attached hydrogens (tertiary/aromatic N) is 1. The molecule has 4 nitrogen and oxygen atoms in total. The van der Waals surface area contributed by atoms with Gasteiger partial charge in [0.2, 0.25) is 5.91 Å². The van der Waals surface area contributed by atoms with Crippen molar-refractivity contribution in [2.24, 2.45) is 0 Å². The van der Waals surface area contributed by atoms with E-state index in [2.05, 4.69) is 17.4 Å². The van der Waals surface area contributed by atoms with Crippen molar-refractivity contribution in [1.29, 1.82) is 0 Å². The fraction of sp³-hybridized carbons (Fsp3) is 0.300. The molecule has 2 aromatic carbocycles. The lowest BCUT2D eigenvalue weighted by molar-refractivity contribution is -0.119. The van der Waals surface area contributed by atoms with Crippen LogP contribution >= 0.6 is 11.5 Å². The van der Waals surface area contributed by atoms with Crippen molar-refractivity contribution in [2.75, 3.05) is 5.32 Å².